The maximum absolute atomic E-state index is 11.0. The average Bonchev–Trinajstić information content (AvgIpc) is 1.55. The molecule has 17 N–H and O–H groups in total. The molecule has 7 aromatic heterocycles. The molecular weight excluding hydrogens is 1730 g/mol. The number of H-pyrrole nitrogens is 2. The second-order valence-electron chi connectivity index (χ2n) is 31.4. The Hall–Kier alpha value is -10.8. The number of benzene rings is 4. The number of pyridine rings is 4. The number of aryl methyl sites for hydroxylation is 8. The van der Waals surface area contributed by atoms with Crippen LogP contribution in [0.4, 0.5) is 0 Å². The van der Waals surface area contributed by atoms with E-state index < -0.39 is 133 Å². The second-order valence-corrected chi connectivity index (χ2v) is 36.9. The predicted molar refractivity (Wildman–Crippen MR) is 470 cm³/mol. The number of hydrogen-bond donors (Lipinski definition) is 12. The molecule has 11 aromatic rings. The highest BCUT2D eigenvalue weighted by Gasteiger charge is 2.50. The number of nitrogens with two attached hydrogens (primary N) is 5. The van der Waals surface area contributed by atoms with Gasteiger partial charge in [-0.2, -0.15) is 0 Å². The summed E-state index contributed by atoms with van der Waals surface area (Å²) in [6.07, 6.45) is 14.4. The van der Waals surface area contributed by atoms with Crippen molar-refractivity contribution < 1.29 is 115 Å². The minimum absolute atomic E-state index is 0.0542. The SMILES string of the molecule is C[n+]1ccc(-c2c3nc(c(-c4cc[n+](C)cc4)c4ccc([nH]4)c(-c4cc[n+](C)cc4)c4nc(c(-c5cc[n+](C)cc5)c5ccc2[nH]5)C=C4)C=C3)cc1.Cc1ccc(S(=O)(=O)[O-])cc1.Cc1ccc(S(=O)(=O)[O-])cc1.Cc1ccc(S(=O)(=O)[O-])cc1.Cc1ccc(S(=O)(=O)[O-])cc1.NC[C@H]1O[C@H](O[C@H]2[C@H](O)[C@@H](O[C@H]3O[C@H](CO)[C@@H](O)[C@H](N)[C@H]3O)[C@H](N)C[C@@H]2N)[C@H](N)C[C@@H]1O. The van der Waals surface area contributed by atoms with E-state index in [2.05, 4.69) is 157 Å². The van der Waals surface area contributed by atoms with Crippen molar-refractivity contribution in [2.75, 3.05) is 13.2 Å². The van der Waals surface area contributed by atoms with Gasteiger partial charge in [-0.1, -0.05) is 70.8 Å². The number of ether oxygens (including phenoxy) is 4. The average molecular weight is 1830 g/mol. The maximum atomic E-state index is 11.0. The van der Waals surface area contributed by atoms with Crippen molar-refractivity contribution >= 4 is 86.8 Å². The van der Waals surface area contributed by atoms with Crippen molar-refractivity contribution in [3.8, 4) is 44.5 Å². The van der Waals surface area contributed by atoms with E-state index in [1.807, 2.05) is 74.2 Å². The Balaban J connectivity index is 0.000000175. The zero-order chi connectivity index (χ0) is 93.0. The molecule has 0 radical (unpaired) electrons. The maximum Gasteiger partial charge on any atom is 0.186 e. The first-order valence-corrected chi connectivity index (χ1v) is 45.9. The number of fused-ring (bicyclic) bond motifs is 8. The molecule has 11 heterocycles. The Morgan fingerprint density at radius 1 is 0.383 bits per heavy atom. The third-order valence-corrected chi connectivity index (χ3v) is 24.9. The van der Waals surface area contributed by atoms with E-state index in [0.29, 0.717) is 0 Å². The van der Waals surface area contributed by atoms with Gasteiger partial charge in [0.2, 0.25) is 0 Å². The van der Waals surface area contributed by atoms with Crippen LogP contribution in [0.1, 0.15) is 57.9 Å². The topological polar surface area (TPSA) is 570 Å². The lowest BCUT2D eigenvalue weighted by Gasteiger charge is -2.47. The highest BCUT2D eigenvalue weighted by atomic mass is 32.2. The third-order valence-electron chi connectivity index (χ3n) is 21.5. The number of rotatable bonds is 14. The molecule has 14 atom stereocenters. The fourth-order valence-corrected chi connectivity index (χ4v) is 16.2. The molecule has 128 heavy (non-hydrogen) atoms. The zero-order valence-corrected chi connectivity index (χ0v) is 74.2. The molecule has 38 heteroatoms. The van der Waals surface area contributed by atoms with Crippen LogP contribution in [0.3, 0.4) is 0 Å². The fourth-order valence-electron chi connectivity index (χ4n) is 14.3. The standard InChI is InChI=1S/C44H37N8.C18H37N5O9.4C7H8O3S/c1-49-21-13-29(14-22-49)41-33-5-7-35(45-33)42(30-15-23-50(2)24-16-30)37-9-11-39(47-37)44(32-19-27-52(4)28-20-32)40-12-10-38(48-40)43(36-8-6-34(41)46-36)31-17-25-51(3)26-18-31;19-3-9-8(25)2-7(22)17(29-9)31-15-5(20)1-6(21)16(14(15)28)32-18-13(27)11(23)12(26)10(4-24)30-18;4*1-6-2-4-7(5-3-6)11(8,9)10/h5-28H,1-4H3,(H,45,46,47,48);5-18,24-28H,1-4,19-23H2;4*2-5H,1H3,(H,8,9,10)/q+3;;;;;/p-3/t;5-,6+,7+,8-,9+,10+,11-,12+,13+,14-,15+,16-,17+,18+;;;;/m.0..../s1. The second kappa shape index (κ2) is 42.2. The molecular formula is C90H103N13O21S4. The molecule has 0 amide bonds. The Morgan fingerprint density at radius 2 is 0.648 bits per heavy atom. The van der Waals surface area contributed by atoms with Gasteiger partial charge in [0.05, 0.1) is 73.3 Å². The number of nitrogens with one attached hydrogen (secondary N) is 2. The lowest BCUT2D eigenvalue weighted by Crippen LogP contribution is -2.68. The van der Waals surface area contributed by atoms with Crippen LogP contribution in [0.15, 0.2) is 239 Å². The van der Waals surface area contributed by atoms with Crippen molar-refractivity contribution in [3.05, 3.63) is 264 Å². The molecule has 2 saturated heterocycles. The molecule has 4 aliphatic heterocycles. The number of aromatic amines is 2. The van der Waals surface area contributed by atoms with Gasteiger partial charge in [-0.15, -0.1) is 0 Å². The van der Waals surface area contributed by atoms with Crippen LogP contribution >= 0.6 is 0 Å². The summed E-state index contributed by atoms with van der Waals surface area (Å²) in [5.41, 5.74) is 49.4. The van der Waals surface area contributed by atoms with Crippen LogP contribution < -0.4 is 46.9 Å². The van der Waals surface area contributed by atoms with Crippen molar-refractivity contribution in [1.82, 2.24) is 19.9 Å². The van der Waals surface area contributed by atoms with E-state index >= 15 is 0 Å². The lowest BCUT2D eigenvalue weighted by atomic mass is 9.84. The molecule has 3 fully saturated rings. The van der Waals surface area contributed by atoms with Gasteiger partial charge in [-0.05, 0) is 160 Å². The molecule has 0 spiro atoms. The molecule has 678 valence electrons. The number of aliphatic hydroxyl groups excluding tert-OH is 5. The Labute approximate surface area is 741 Å². The summed E-state index contributed by atoms with van der Waals surface area (Å²) < 4.78 is 156. The van der Waals surface area contributed by atoms with Gasteiger partial charge in [0.1, 0.15) is 105 Å². The third kappa shape index (κ3) is 25.0. The minimum atomic E-state index is -4.27. The van der Waals surface area contributed by atoms with Crippen molar-refractivity contribution in [1.29, 1.82) is 0 Å². The number of aromatic nitrogens is 8. The lowest BCUT2D eigenvalue weighted by molar-refractivity contribution is -0.671. The number of aliphatic hydroxyl groups is 5. The fraction of sp³-hybridized carbons (Fsp3) is 0.289. The monoisotopic (exact) mass is 1830 g/mol. The van der Waals surface area contributed by atoms with Gasteiger partial charge in [-0.3, -0.25) is 0 Å². The zero-order valence-electron chi connectivity index (χ0n) is 71.0. The first-order chi connectivity index (χ1) is 60.5. The van der Waals surface area contributed by atoms with E-state index in [1.54, 1.807) is 48.5 Å². The summed E-state index contributed by atoms with van der Waals surface area (Å²) in [7, 11) is -8.94. The Bertz CT molecular complexity index is 5740. The Morgan fingerprint density at radius 3 is 0.906 bits per heavy atom. The summed E-state index contributed by atoms with van der Waals surface area (Å²) in [6, 6.07) is 45.7. The molecule has 8 bridgehead atoms. The molecule has 16 rings (SSSR count). The van der Waals surface area contributed by atoms with Crippen LogP contribution in [0.25, 0.3) is 90.9 Å². The van der Waals surface area contributed by atoms with Crippen LogP contribution in [-0.2, 0) is 87.6 Å². The molecule has 0 unspecified atom stereocenters. The minimum Gasteiger partial charge on any atom is -0.744 e. The number of nitrogens with zero attached hydrogens (tertiary/aromatic N) is 6. The van der Waals surface area contributed by atoms with Crippen LogP contribution in [0.2, 0.25) is 0 Å². The van der Waals surface area contributed by atoms with E-state index in [0.717, 1.165) is 112 Å². The first kappa shape index (κ1) is 97.8. The van der Waals surface area contributed by atoms with E-state index in [9.17, 15) is 77.4 Å². The smallest absolute Gasteiger partial charge is 0.186 e. The molecule has 5 aliphatic rings. The molecule has 1 aliphatic carbocycles. The van der Waals surface area contributed by atoms with Crippen LogP contribution in [0.5, 0.6) is 0 Å². The number of hydrogen-bond acceptors (Lipinski definition) is 28. The molecule has 1 saturated carbocycles. The van der Waals surface area contributed by atoms with E-state index in [1.165, 1.54) is 48.5 Å². The van der Waals surface area contributed by atoms with Crippen molar-refractivity contribution in [2.24, 2.45) is 56.9 Å². The summed E-state index contributed by atoms with van der Waals surface area (Å²) >= 11 is 0. The Kier molecular flexibility index (Phi) is 32.2. The normalized spacial score (nSPS) is 22.0. The van der Waals surface area contributed by atoms with Crippen LogP contribution in [0, 0.1) is 27.7 Å². The highest BCUT2D eigenvalue weighted by Crippen LogP contribution is 2.39. The summed E-state index contributed by atoms with van der Waals surface area (Å²) in [5.74, 6) is 0. The van der Waals surface area contributed by atoms with Gasteiger partial charge in [0.25, 0.3) is 0 Å². The van der Waals surface area contributed by atoms with Crippen molar-refractivity contribution in [2.45, 2.75) is 146 Å². The van der Waals surface area contributed by atoms with E-state index in [4.69, 9.17) is 57.6 Å². The van der Waals surface area contributed by atoms with Gasteiger partial charge in [0, 0.05) is 111 Å². The molecule has 34 nitrogen and oxygen atoms in total. The largest absolute Gasteiger partial charge is 0.744 e. The van der Waals surface area contributed by atoms with Crippen LogP contribution in [-0.4, -0.2) is 196 Å². The van der Waals surface area contributed by atoms with Crippen molar-refractivity contribution in [3.63, 3.8) is 0 Å². The quantitative estimate of drug-likeness (QED) is 0.0542. The first-order valence-electron chi connectivity index (χ1n) is 40.2. The predicted octanol–water partition coefficient (Wildman–Crippen LogP) is 3.92. The van der Waals surface area contributed by atoms with Gasteiger partial charge < -0.3 is 101 Å². The van der Waals surface area contributed by atoms with Gasteiger partial charge in [0.15, 0.2) is 62.2 Å². The summed E-state index contributed by atoms with van der Waals surface area (Å²) in [4.78, 5) is 17.7. The van der Waals surface area contributed by atoms with Gasteiger partial charge in [-0.25, -0.2) is 61.9 Å². The van der Waals surface area contributed by atoms with Gasteiger partial charge >= 0.3 is 0 Å². The van der Waals surface area contributed by atoms with E-state index in [-0.39, 0.29) is 39.0 Å². The molecule has 4 aromatic carbocycles. The summed E-state index contributed by atoms with van der Waals surface area (Å²) in [5, 5.41) is 50.7. The highest BCUT2D eigenvalue weighted by molar-refractivity contribution is 7.86. The summed E-state index contributed by atoms with van der Waals surface area (Å²) in [6.45, 7) is 6.78.